The zero-order valence-electron chi connectivity index (χ0n) is 12.0. The third-order valence-corrected chi connectivity index (χ3v) is 3.53. The van der Waals surface area contributed by atoms with Gasteiger partial charge >= 0.3 is 0 Å². The number of carbonyl (C=O) groups is 1. The molecule has 2 rings (SSSR count). The van der Waals surface area contributed by atoms with Crippen LogP contribution in [-0.2, 0) is 11.2 Å². The van der Waals surface area contributed by atoms with Crippen LogP contribution in [0.3, 0.4) is 0 Å². The Morgan fingerprint density at radius 2 is 1.90 bits per heavy atom. The van der Waals surface area contributed by atoms with E-state index < -0.39 is 0 Å². The minimum atomic E-state index is -0.345. The molecule has 1 N–H and O–H groups in total. The lowest BCUT2D eigenvalue weighted by molar-refractivity contribution is -0.134. The zero-order valence-corrected chi connectivity index (χ0v) is 12.0. The van der Waals surface area contributed by atoms with Gasteiger partial charge in [-0.3, -0.25) is 4.79 Å². The maximum atomic E-state index is 12.0. The third kappa shape index (κ3) is 4.53. The fourth-order valence-electron chi connectivity index (χ4n) is 2.44. The van der Waals surface area contributed by atoms with Gasteiger partial charge in [-0.1, -0.05) is 12.1 Å². The van der Waals surface area contributed by atoms with Crippen LogP contribution < -0.4 is 4.74 Å². The maximum absolute atomic E-state index is 12.0. The number of carbonyl (C=O) groups excluding carboxylic acids is 1. The van der Waals surface area contributed by atoms with Gasteiger partial charge in [0.05, 0.1) is 6.10 Å². The Kier molecular flexibility index (Phi) is 5.41. The molecule has 0 radical (unpaired) electrons. The van der Waals surface area contributed by atoms with Crippen LogP contribution in [0.25, 0.3) is 0 Å². The van der Waals surface area contributed by atoms with E-state index in [9.17, 15) is 9.90 Å². The molecule has 20 heavy (non-hydrogen) atoms. The van der Waals surface area contributed by atoms with Gasteiger partial charge in [-0.05, 0) is 50.3 Å². The van der Waals surface area contributed by atoms with Crippen LogP contribution in [0.4, 0.5) is 0 Å². The van der Waals surface area contributed by atoms with Crippen LogP contribution in [0.1, 0.15) is 31.7 Å². The van der Waals surface area contributed by atoms with Crippen molar-refractivity contribution in [1.29, 1.82) is 0 Å². The zero-order chi connectivity index (χ0) is 14.4. The van der Waals surface area contributed by atoms with Crippen LogP contribution in [0, 0.1) is 0 Å². The Morgan fingerprint density at radius 1 is 1.25 bits per heavy atom. The maximum Gasteiger partial charge on any atom is 0.260 e. The smallest absolute Gasteiger partial charge is 0.260 e. The van der Waals surface area contributed by atoms with E-state index in [0.717, 1.165) is 31.5 Å². The quantitative estimate of drug-likeness (QED) is 0.895. The van der Waals surface area contributed by atoms with Crippen molar-refractivity contribution in [2.75, 3.05) is 19.7 Å². The summed E-state index contributed by atoms with van der Waals surface area (Å²) in [5, 5.41) is 9.31. The lowest BCUT2D eigenvalue weighted by Gasteiger charge is -2.26. The molecule has 110 valence electrons. The number of nitrogens with zero attached hydrogens (tertiary/aromatic N) is 1. The molecule has 4 heteroatoms. The minimum Gasteiger partial charge on any atom is -0.484 e. The van der Waals surface area contributed by atoms with Crippen molar-refractivity contribution in [3.05, 3.63) is 29.8 Å². The first-order valence-electron chi connectivity index (χ1n) is 7.33. The van der Waals surface area contributed by atoms with Gasteiger partial charge in [0.15, 0.2) is 6.61 Å². The van der Waals surface area contributed by atoms with Crippen molar-refractivity contribution in [1.82, 2.24) is 4.90 Å². The summed E-state index contributed by atoms with van der Waals surface area (Å²) < 4.78 is 5.53. The Balaban J connectivity index is 1.79. The lowest BCUT2D eigenvalue weighted by atomic mass is 10.1. The fourth-order valence-corrected chi connectivity index (χ4v) is 2.44. The molecule has 0 aromatic heterocycles. The molecule has 4 nitrogen and oxygen atoms in total. The standard InChI is InChI=1S/C16H23NO3/c1-13(18)11-14-5-7-15(8-6-14)20-12-16(19)17-9-3-2-4-10-17/h5-8,13,18H,2-4,9-12H2,1H3. The van der Waals surface area contributed by atoms with Crippen molar-refractivity contribution in [2.24, 2.45) is 0 Å². The summed E-state index contributed by atoms with van der Waals surface area (Å²) in [6, 6.07) is 7.54. The molecule has 0 spiro atoms. The van der Waals surface area contributed by atoms with Crippen LogP contribution in [0.5, 0.6) is 5.75 Å². The average molecular weight is 277 g/mol. The summed E-state index contributed by atoms with van der Waals surface area (Å²) in [6.07, 6.45) is 3.70. The van der Waals surface area contributed by atoms with Gasteiger partial charge in [0.1, 0.15) is 5.75 Å². The van der Waals surface area contributed by atoms with Gasteiger partial charge < -0.3 is 14.7 Å². The summed E-state index contributed by atoms with van der Waals surface area (Å²) in [7, 11) is 0. The molecule has 0 saturated carbocycles. The van der Waals surface area contributed by atoms with Crippen LogP contribution >= 0.6 is 0 Å². The monoisotopic (exact) mass is 277 g/mol. The summed E-state index contributed by atoms with van der Waals surface area (Å²) in [6.45, 7) is 3.59. The Labute approximate surface area is 120 Å². The molecule has 1 aromatic rings. The Bertz CT molecular complexity index is 422. The molecule has 1 unspecified atom stereocenters. The van der Waals surface area contributed by atoms with Gasteiger partial charge in [-0.25, -0.2) is 0 Å². The number of hydrogen-bond acceptors (Lipinski definition) is 3. The molecule has 1 saturated heterocycles. The number of likely N-dealkylation sites (tertiary alicyclic amines) is 1. The van der Waals surface area contributed by atoms with Crippen LogP contribution in [-0.4, -0.2) is 41.7 Å². The van der Waals surface area contributed by atoms with Gasteiger partial charge in [-0.2, -0.15) is 0 Å². The molecule has 0 aliphatic carbocycles. The van der Waals surface area contributed by atoms with E-state index >= 15 is 0 Å². The number of amides is 1. The number of aliphatic hydroxyl groups is 1. The predicted molar refractivity (Wildman–Crippen MR) is 77.8 cm³/mol. The van der Waals surface area contributed by atoms with Crippen molar-refractivity contribution in [3.63, 3.8) is 0 Å². The van der Waals surface area contributed by atoms with E-state index in [1.54, 1.807) is 6.92 Å². The van der Waals surface area contributed by atoms with E-state index in [0.29, 0.717) is 12.2 Å². The number of benzene rings is 1. The number of ether oxygens (including phenoxy) is 1. The van der Waals surface area contributed by atoms with Crippen molar-refractivity contribution in [2.45, 2.75) is 38.7 Å². The minimum absolute atomic E-state index is 0.0674. The lowest BCUT2D eigenvalue weighted by Crippen LogP contribution is -2.38. The van der Waals surface area contributed by atoms with Crippen molar-refractivity contribution < 1.29 is 14.6 Å². The molecule has 1 atom stereocenters. The number of hydrogen-bond donors (Lipinski definition) is 1. The summed E-state index contributed by atoms with van der Waals surface area (Å²) in [4.78, 5) is 13.8. The summed E-state index contributed by atoms with van der Waals surface area (Å²) in [5.41, 5.74) is 1.06. The second kappa shape index (κ2) is 7.29. The Hall–Kier alpha value is -1.55. The number of piperidine rings is 1. The highest BCUT2D eigenvalue weighted by molar-refractivity contribution is 5.77. The van der Waals surface area contributed by atoms with E-state index in [4.69, 9.17) is 4.74 Å². The molecular formula is C16H23NO3. The molecule has 0 bridgehead atoms. The van der Waals surface area contributed by atoms with Crippen molar-refractivity contribution in [3.8, 4) is 5.75 Å². The van der Waals surface area contributed by atoms with Gasteiger partial charge in [0, 0.05) is 13.1 Å². The van der Waals surface area contributed by atoms with Crippen LogP contribution in [0.2, 0.25) is 0 Å². The summed E-state index contributed by atoms with van der Waals surface area (Å²) in [5.74, 6) is 0.766. The third-order valence-electron chi connectivity index (χ3n) is 3.53. The first-order valence-corrected chi connectivity index (χ1v) is 7.33. The summed E-state index contributed by atoms with van der Waals surface area (Å²) >= 11 is 0. The highest BCUT2D eigenvalue weighted by Crippen LogP contribution is 2.14. The molecule has 1 heterocycles. The average Bonchev–Trinajstić information content (AvgIpc) is 2.46. The largest absolute Gasteiger partial charge is 0.484 e. The molecule has 1 aliphatic rings. The van der Waals surface area contributed by atoms with Gasteiger partial charge in [-0.15, -0.1) is 0 Å². The normalized spacial score (nSPS) is 16.8. The Morgan fingerprint density at radius 3 is 2.50 bits per heavy atom. The van der Waals surface area contributed by atoms with Crippen molar-refractivity contribution >= 4 is 5.91 Å². The molecule has 1 fully saturated rings. The molecule has 1 aliphatic heterocycles. The predicted octanol–water partition coefficient (Wildman–Crippen LogP) is 2.00. The van der Waals surface area contributed by atoms with Crippen LogP contribution in [0.15, 0.2) is 24.3 Å². The topological polar surface area (TPSA) is 49.8 Å². The SMILES string of the molecule is CC(O)Cc1ccc(OCC(=O)N2CCCCC2)cc1. The molecular weight excluding hydrogens is 254 g/mol. The van der Waals surface area contributed by atoms with Gasteiger partial charge in [0.25, 0.3) is 5.91 Å². The van der Waals surface area contributed by atoms with E-state index in [-0.39, 0.29) is 18.6 Å². The first kappa shape index (κ1) is 14.9. The molecule has 1 aromatic carbocycles. The van der Waals surface area contributed by atoms with E-state index in [2.05, 4.69) is 0 Å². The van der Waals surface area contributed by atoms with E-state index in [1.165, 1.54) is 6.42 Å². The highest BCUT2D eigenvalue weighted by atomic mass is 16.5. The van der Waals surface area contributed by atoms with E-state index in [1.807, 2.05) is 29.2 Å². The second-order valence-corrected chi connectivity index (χ2v) is 5.43. The molecule has 1 amide bonds. The number of rotatable bonds is 5. The highest BCUT2D eigenvalue weighted by Gasteiger charge is 2.16. The van der Waals surface area contributed by atoms with Gasteiger partial charge in [0.2, 0.25) is 0 Å². The number of aliphatic hydroxyl groups excluding tert-OH is 1. The fraction of sp³-hybridized carbons (Fsp3) is 0.562. The second-order valence-electron chi connectivity index (χ2n) is 5.43. The first-order chi connectivity index (χ1) is 9.65.